The lowest BCUT2D eigenvalue weighted by molar-refractivity contribution is 0.101. The third-order valence-electron chi connectivity index (χ3n) is 5.25. The van der Waals surface area contributed by atoms with Gasteiger partial charge in [0, 0.05) is 60.1 Å². The summed E-state index contributed by atoms with van der Waals surface area (Å²) in [5.74, 6) is -1.00. The Hall–Kier alpha value is -3.33. The van der Waals surface area contributed by atoms with Gasteiger partial charge in [0.05, 0.1) is 18.8 Å². The molecule has 2 N–H and O–H groups in total. The molecule has 0 aromatic carbocycles. The molecule has 3 aromatic rings. The second-order valence-corrected chi connectivity index (χ2v) is 7.34. The number of pyridine rings is 2. The molecule has 4 heterocycles. The lowest BCUT2D eigenvalue weighted by Crippen LogP contribution is -2.43. The fourth-order valence-corrected chi connectivity index (χ4v) is 3.65. The molecule has 0 amide bonds. The smallest absolute Gasteiger partial charge is 0.263 e. The average molecular weight is 461 g/mol. The molecular formula is C24H29N7O2. The van der Waals surface area contributed by atoms with E-state index in [-0.39, 0.29) is 40.4 Å². The van der Waals surface area contributed by atoms with Crippen molar-refractivity contribution in [2.45, 2.75) is 45.4 Å². The van der Waals surface area contributed by atoms with E-state index in [9.17, 15) is 9.59 Å². The van der Waals surface area contributed by atoms with E-state index >= 15 is 0 Å². The quantitative estimate of drug-likeness (QED) is 0.560. The summed E-state index contributed by atoms with van der Waals surface area (Å²) in [6, 6.07) is -0.654. The maximum atomic E-state index is 13.9. The van der Waals surface area contributed by atoms with E-state index in [0.717, 1.165) is 13.1 Å². The first kappa shape index (κ1) is 11.2. The number of fused-ring (bicyclic) bond motifs is 1. The standard InChI is InChI=1S/C24H29N7O2/c1-15-19-14-27-24(28-20-8-7-18(13-26-20)30-11-9-25-10-12-30)29-22(19)31(17-5-3-4-6-17)23(33)21(15)16(2)32/h7-8,13-14,17,25H,3-6,9-12H2,1-2H3,(H,26,27,28,29)/i3D2,4D2,5D2,6D2,9D2,10D2,17D. The van der Waals surface area contributed by atoms with Crippen LogP contribution in [0.2, 0.25) is 0 Å². The van der Waals surface area contributed by atoms with Crippen LogP contribution in [0.1, 0.15) is 72.2 Å². The van der Waals surface area contributed by atoms with Gasteiger partial charge < -0.3 is 15.5 Å². The SMILES string of the molecule is [2H]C1([2H])CN(c2ccc(Nc3ncc4c(C)c(C(C)=O)c(=O)n(C5([2H])C([2H])([2H])C([2H])([2H])C([2H])([2H])C5([2H])[2H])c4n3)nc2)CC([2H])([2H])N1. The minimum absolute atomic E-state index is 0.0299. The van der Waals surface area contributed by atoms with Crippen LogP contribution in [0, 0.1) is 6.92 Å². The van der Waals surface area contributed by atoms with Crippen molar-refractivity contribution in [3.05, 3.63) is 46.0 Å². The Bertz CT molecular complexity index is 1770. The fourth-order valence-electron chi connectivity index (χ4n) is 3.65. The van der Waals surface area contributed by atoms with Crippen LogP contribution in [-0.2, 0) is 0 Å². The van der Waals surface area contributed by atoms with Crippen molar-refractivity contribution in [1.82, 2.24) is 24.8 Å². The zero-order valence-electron chi connectivity index (χ0n) is 30.8. The normalized spacial score (nSPS) is 32.9. The van der Waals surface area contributed by atoms with Crippen LogP contribution in [0.4, 0.5) is 17.5 Å². The molecule has 0 unspecified atom stereocenters. The molecule has 0 bridgehead atoms. The molecule has 9 nitrogen and oxygen atoms in total. The van der Waals surface area contributed by atoms with Crippen molar-refractivity contribution in [1.29, 1.82) is 0 Å². The number of nitrogens with zero attached hydrogens (tertiary/aromatic N) is 5. The molecular weight excluding hydrogens is 418 g/mol. The van der Waals surface area contributed by atoms with Gasteiger partial charge in [0.2, 0.25) is 5.95 Å². The highest BCUT2D eigenvalue weighted by Gasteiger charge is 2.25. The second-order valence-electron chi connectivity index (χ2n) is 7.34. The van der Waals surface area contributed by atoms with Crippen molar-refractivity contribution in [3.63, 3.8) is 0 Å². The largest absolute Gasteiger partial charge is 0.368 e. The van der Waals surface area contributed by atoms with Gasteiger partial charge in [0.1, 0.15) is 11.5 Å². The number of ketones is 1. The van der Waals surface area contributed by atoms with Crippen molar-refractivity contribution in [3.8, 4) is 0 Å². The van der Waals surface area contributed by atoms with Gasteiger partial charge in [-0.25, -0.2) is 9.97 Å². The topological polar surface area (TPSA) is 105 Å². The molecule has 9 heteroatoms. The highest BCUT2D eigenvalue weighted by molar-refractivity contribution is 5.99. The van der Waals surface area contributed by atoms with Crippen LogP contribution < -0.4 is 21.1 Å². The highest BCUT2D eigenvalue weighted by Crippen LogP contribution is 2.32. The van der Waals surface area contributed by atoms with E-state index in [1.165, 1.54) is 30.2 Å². The number of carbonyl (C=O) groups excluding carboxylic acids is 1. The monoisotopic (exact) mass is 460 g/mol. The lowest BCUT2D eigenvalue weighted by atomic mass is 10.0. The first-order valence-corrected chi connectivity index (χ1v) is 10.0. The maximum absolute atomic E-state index is 13.9. The van der Waals surface area contributed by atoms with Gasteiger partial charge in [-0.1, -0.05) is 12.7 Å². The predicted octanol–water partition coefficient (Wildman–Crippen LogP) is 2.97. The molecule has 0 atom stereocenters. The fraction of sp³-hybridized carbons (Fsp3) is 0.458. The van der Waals surface area contributed by atoms with Crippen LogP contribution >= 0.6 is 0 Å². The Morgan fingerprint density at radius 3 is 2.64 bits per heavy atom. The molecule has 2 aliphatic rings. The summed E-state index contributed by atoms with van der Waals surface area (Å²) in [6.07, 6.45) is -12.1. The number of rotatable bonds is 5. The first-order valence-electron chi connectivity index (χ1n) is 16.5. The van der Waals surface area contributed by atoms with Gasteiger partial charge in [-0.3, -0.25) is 14.2 Å². The second kappa shape index (κ2) is 8.90. The van der Waals surface area contributed by atoms with E-state index in [4.69, 9.17) is 17.8 Å². The molecule has 3 aromatic heterocycles. The molecule has 2 fully saturated rings. The Morgan fingerprint density at radius 2 is 1.97 bits per heavy atom. The summed E-state index contributed by atoms with van der Waals surface area (Å²) < 4.78 is 108. The number of nitrogens with one attached hydrogen (secondary N) is 2. The number of anilines is 3. The summed E-state index contributed by atoms with van der Waals surface area (Å²) >= 11 is 0. The number of carbonyl (C=O) groups is 1. The zero-order valence-corrected chi connectivity index (χ0v) is 17.8. The zero-order chi connectivity index (χ0) is 34.6. The van der Waals surface area contributed by atoms with E-state index in [1.807, 2.05) is 0 Å². The van der Waals surface area contributed by atoms with E-state index in [0.29, 0.717) is 5.69 Å². The van der Waals surface area contributed by atoms with E-state index in [1.54, 1.807) is 0 Å². The molecule has 1 saturated carbocycles. The third-order valence-corrected chi connectivity index (χ3v) is 5.25. The van der Waals surface area contributed by atoms with Crippen LogP contribution in [0.25, 0.3) is 11.0 Å². The molecule has 33 heavy (non-hydrogen) atoms. The molecule has 0 radical (unpaired) electrons. The van der Waals surface area contributed by atoms with Gasteiger partial charge in [-0.05, 0) is 44.3 Å². The molecule has 5 rings (SSSR count). The van der Waals surface area contributed by atoms with Crippen molar-refractivity contribution in [2.75, 3.05) is 36.3 Å². The van der Waals surface area contributed by atoms with Gasteiger partial charge in [0.25, 0.3) is 5.56 Å². The molecule has 0 spiro atoms. The highest BCUT2D eigenvalue weighted by atomic mass is 16.1. The number of aromatic nitrogens is 4. The number of hydrogen-bond donors (Lipinski definition) is 2. The summed E-state index contributed by atoms with van der Waals surface area (Å²) in [6.45, 7) is -1.98. The van der Waals surface area contributed by atoms with Crippen LogP contribution in [0.15, 0.2) is 29.3 Å². The Balaban J connectivity index is 1.65. The number of aryl methyl sites for hydroxylation is 1. The van der Waals surface area contributed by atoms with Crippen LogP contribution in [0.5, 0.6) is 0 Å². The minimum atomic E-state index is -3.68. The number of Topliss-reactive ketones (excluding diaryl/α,β-unsaturated/α-hetero) is 1. The Labute approximate surface area is 210 Å². The van der Waals surface area contributed by atoms with Crippen LogP contribution in [0.3, 0.4) is 0 Å². The summed E-state index contributed by atoms with van der Waals surface area (Å²) in [4.78, 5) is 40.5. The van der Waals surface area contributed by atoms with Crippen LogP contribution in [-0.4, -0.2) is 51.4 Å². The number of piperazine rings is 1. The maximum Gasteiger partial charge on any atom is 0.263 e. The minimum Gasteiger partial charge on any atom is -0.368 e. The lowest BCUT2D eigenvalue weighted by Gasteiger charge is -2.29. The summed E-state index contributed by atoms with van der Waals surface area (Å²) in [7, 11) is 0. The molecule has 172 valence electrons. The van der Waals surface area contributed by atoms with E-state index < -0.39 is 67.1 Å². The van der Waals surface area contributed by atoms with Crippen molar-refractivity contribution in [2.24, 2.45) is 0 Å². The summed E-state index contributed by atoms with van der Waals surface area (Å²) in [5, 5.41) is 4.96. The third kappa shape index (κ3) is 4.08. The van der Waals surface area contributed by atoms with Gasteiger partial charge in [-0.2, -0.15) is 4.98 Å². The summed E-state index contributed by atoms with van der Waals surface area (Å²) in [5.41, 5.74) is -2.06. The van der Waals surface area contributed by atoms with Gasteiger partial charge >= 0.3 is 0 Å². The predicted molar refractivity (Wildman–Crippen MR) is 129 cm³/mol. The van der Waals surface area contributed by atoms with Gasteiger partial charge in [-0.15, -0.1) is 0 Å². The van der Waals surface area contributed by atoms with E-state index in [2.05, 4.69) is 25.6 Å². The van der Waals surface area contributed by atoms with Crippen molar-refractivity contribution < 1.29 is 22.6 Å². The van der Waals surface area contributed by atoms with Crippen molar-refractivity contribution >= 4 is 34.3 Å². The average Bonchev–Trinajstić information content (AvgIpc) is 2.95. The Kier molecular flexibility index (Phi) is 3.02. The molecule has 1 aliphatic carbocycles. The van der Waals surface area contributed by atoms with Gasteiger partial charge in [0.15, 0.2) is 5.78 Å². The molecule has 1 saturated heterocycles. The Morgan fingerprint density at radius 1 is 1.21 bits per heavy atom. The first-order chi connectivity index (χ1) is 20.8. The molecule has 1 aliphatic heterocycles. The number of hydrogen-bond acceptors (Lipinski definition) is 8.